The molecule has 7 nitrogen and oxygen atoms in total. The van der Waals surface area contributed by atoms with Gasteiger partial charge >= 0.3 is 5.97 Å². The van der Waals surface area contributed by atoms with Gasteiger partial charge in [0.15, 0.2) is 6.61 Å². The number of rotatable bonds is 6. The van der Waals surface area contributed by atoms with Crippen molar-refractivity contribution in [3.05, 3.63) is 62.1 Å². The lowest BCUT2D eigenvalue weighted by Gasteiger charge is -2.09. The summed E-state index contributed by atoms with van der Waals surface area (Å²) in [5, 5.41) is 13.5. The first-order valence-electron chi connectivity index (χ1n) is 7.06. The minimum atomic E-state index is -0.758. The molecule has 2 aromatic rings. The van der Waals surface area contributed by atoms with Crippen molar-refractivity contribution in [2.45, 2.75) is 4.90 Å². The number of nitrogens with zero attached hydrogens (tertiary/aromatic N) is 1. The highest BCUT2D eigenvalue weighted by molar-refractivity contribution is 7.98. The van der Waals surface area contributed by atoms with Crippen molar-refractivity contribution in [3.8, 4) is 0 Å². The second-order valence-electron chi connectivity index (χ2n) is 4.89. The van der Waals surface area contributed by atoms with Crippen molar-refractivity contribution in [1.82, 2.24) is 0 Å². The van der Waals surface area contributed by atoms with Crippen LogP contribution in [0.25, 0.3) is 0 Å². The number of nitro groups is 1. The van der Waals surface area contributed by atoms with Crippen LogP contribution in [0.15, 0.2) is 41.3 Å². The summed E-state index contributed by atoms with van der Waals surface area (Å²) in [5.74, 6) is -1.45. The highest BCUT2D eigenvalue weighted by atomic mass is 35.5. The van der Waals surface area contributed by atoms with E-state index in [0.717, 1.165) is 11.0 Å². The van der Waals surface area contributed by atoms with Crippen molar-refractivity contribution in [1.29, 1.82) is 0 Å². The van der Waals surface area contributed by atoms with E-state index in [1.165, 1.54) is 23.9 Å². The van der Waals surface area contributed by atoms with Crippen molar-refractivity contribution in [2.75, 3.05) is 18.2 Å². The Morgan fingerprint density at radius 3 is 2.54 bits per heavy atom. The molecule has 0 atom stereocenters. The van der Waals surface area contributed by atoms with Gasteiger partial charge in [-0.05, 0) is 30.5 Å². The normalized spacial score (nSPS) is 10.3. The summed E-state index contributed by atoms with van der Waals surface area (Å²) in [5.41, 5.74) is -0.0496. The van der Waals surface area contributed by atoms with E-state index in [-0.39, 0.29) is 27.0 Å². The van der Waals surface area contributed by atoms with Crippen LogP contribution in [0.1, 0.15) is 10.4 Å². The molecule has 1 N–H and O–H groups in total. The summed E-state index contributed by atoms with van der Waals surface area (Å²) in [6.07, 6.45) is 1.84. The number of carbonyl (C=O) groups excluding carboxylic acids is 2. The lowest BCUT2D eigenvalue weighted by molar-refractivity contribution is -0.384. The number of amides is 1. The molecule has 0 unspecified atom stereocenters. The summed E-state index contributed by atoms with van der Waals surface area (Å²) in [4.78, 5) is 35.0. The molecular weight excluding hydrogens is 403 g/mol. The molecule has 0 aliphatic rings. The molecule has 2 rings (SSSR count). The Hall–Kier alpha value is -2.29. The molecule has 26 heavy (non-hydrogen) atoms. The van der Waals surface area contributed by atoms with Gasteiger partial charge in [0.05, 0.1) is 26.2 Å². The van der Waals surface area contributed by atoms with Gasteiger partial charge in [0.1, 0.15) is 0 Å². The van der Waals surface area contributed by atoms with Gasteiger partial charge < -0.3 is 10.1 Å². The van der Waals surface area contributed by atoms with Gasteiger partial charge in [0.2, 0.25) is 0 Å². The second kappa shape index (κ2) is 8.88. The molecule has 10 heteroatoms. The second-order valence-corrected chi connectivity index (χ2v) is 6.59. The summed E-state index contributed by atoms with van der Waals surface area (Å²) in [6, 6.07) is 8.48. The molecule has 1 amide bonds. The number of thioether (sulfide) groups is 1. The monoisotopic (exact) mass is 414 g/mol. The SMILES string of the molecule is CSc1ccc(Cl)c(C(=O)OCC(=O)Nc2cc([N+](=O)[O-])ccc2Cl)c1. The molecule has 0 aromatic heterocycles. The molecule has 0 bridgehead atoms. The molecule has 0 aliphatic heterocycles. The highest BCUT2D eigenvalue weighted by Gasteiger charge is 2.16. The average molecular weight is 415 g/mol. The number of anilines is 1. The van der Waals surface area contributed by atoms with Crippen LogP contribution in [-0.2, 0) is 9.53 Å². The van der Waals surface area contributed by atoms with Gasteiger partial charge in [-0.2, -0.15) is 0 Å². The molecule has 0 radical (unpaired) electrons. The lowest BCUT2D eigenvalue weighted by Crippen LogP contribution is -2.21. The Morgan fingerprint density at radius 2 is 1.88 bits per heavy atom. The van der Waals surface area contributed by atoms with Crippen LogP contribution in [0.2, 0.25) is 10.0 Å². The first-order valence-corrected chi connectivity index (χ1v) is 9.04. The van der Waals surface area contributed by atoms with E-state index in [9.17, 15) is 19.7 Å². The molecule has 2 aromatic carbocycles. The van der Waals surface area contributed by atoms with E-state index in [1.54, 1.807) is 18.2 Å². The summed E-state index contributed by atoms with van der Waals surface area (Å²) in [7, 11) is 0. The van der Waals surface area contributed by atoms with E-state index in [1.807, 2.05) is 6.26 Å². The van der Waals surface area contributed by atoms with Gasteiger partial charge in [-0.3, -0.25) is 14.9 Å². The minimum Gasteiger partial charge on any atom is -0.452 e. The molecule has 0 fully saturated rings. The number of non-ortho nitro benzene ring substituents is 1. The maximum Gasteiger partial charge on any atom is 0.340 e. The largest absolute Gasteiger partial charge is 0.452 e. The third kappa shape index (κ3) is 5.10. The van der Waals surface area contributed by atoms with Gasteiger partial charge in [0.25, 0.3) is 11.6 Å². The van der Waals surface area contributed by atoms with Crippen LogP contribution in [0.4, 0.5) is 11.4 Å². The predicted molar refractivity (Wildman–Crippen MR) is 100 cm³/mol. The van der Waals surface area contributed by atoms with Gasteiger partial charge in [-0.15, -0.1) is 11.8 Å². The summed E-state index contributed by atoms with van der Waals surface area (Å²) < 4.78 is 4.94. The van der Waals surface area contributed by atoms with Crippen LogP contribution < -0.4 is 5.32 Å². The molecule has 136 valence electrons. The highest BCUT2D eigenvalue weighted by Crippen LogP contribution is 2.27. The zero-order chi connectivity index (χ0) is 19.3. The Labute approximate surface area is 162 Å². The number of hydrogen-bond acceptors (Lipinski definition) is 6. The van der Waals surface area contributed by atoms with Crippen LogP contribution in [-0.4, -0.2) is 29.7 Å². The minimum absolute atomic E-state index is 0.0457. The van der Waals surface area contributed by atoms with Crippen LogP contribution in [0, 0.1) is 10.1 Å². The standard InChI is InChI=1S/C16H12Cl2N2O5S/c1-26-10-3-5-12(17)11(7-10)16(22)25-8-15(21)19-14-6-9(20(23)24)2-4-13(14)18/h2-7H,8H2,1H3,(H,19,21). The molecule has 0 heterocycles. The Morgan fingerprint density at radius 1 is 1.19 bits per heavy atom. The maximum absolute atomic E-state index is 12.1. The smallest absolute Gasteiger partial charge is 0.340 e. The third-order valence-electron chi connectivity index (χ3n) is 3.16. The maximum atomic E-state index is 12.1. The van der Waals surface area contributed by atoms with E-state index >= 15 is 0 Å². The van der Waals surface area contributed by atoms with E-state index in [2.05, 4.69) is 5.32 Å². The number of halogens is 2. The van der Waals surface area contributed by atoms with Crippen molar-refractivity contribution >= 4 is 58.2 Å². The lowest BCUT2D eigenvalue weighted by atomic mass is 10.2. The first kappa shape index (κ1) is 20.0. The fourth-order valence-corrected chi connectivity index (χ4v) is 2.70. The fourth-order valence-electron chi connectivity index (χ4n) is 1.91. The average Bonchev–Trinajstić information content (AvgIpc) is 2.61. The van der Waals surface area contributed by atoms with Gasteiger partial charge in [-0.1, -0.05) is 23.2 Å². The first-order chi connectivity index (χ1) is 12.3. The zero-order valence-corrected chi connectivity index (χ0v) is 15.7. The molecule has 0 saturated carbocycles. The molecular formula is C16H12Cl2N2O5S. The fraction of sp³-hybridized carbons (Fsp3) is 0.125. The molecule has 0 spiro atoms. The van der Waals surface area contributed by atoms with Crippen molar-refractivity contribution in [3.63, 3.8) is 0 Å². The molecule has 0 saturated heterocycles. The van der Waals surface area contributed by atoms with E-state index in [4.69, 9.17) is 27.9 Å². The Balaban J connectivity index is 2.02. The van der Waals surface area contributed by atoms with Gasteiger partial charge in [-0.25, -0.2) is 4.79 Å². The number of carbonyl (C=O) groups is 2. The quantitative estimate of drug-likeness (QED) is 0.325. The Kier molecular flexibility index (Phi) is 6.84. The number of esters is 1. The van der Waals surface area contributed by atoms with Crippen molar-refractivity contribution < 1.29 is 19.2 Å². The number of ether oxygens (including phenoxy) is 1. The van der Waals surface area contributed by atoms with Crippen LogP contribution in [0.3, 0.4) is 0 Å². The number of hydrogen-bond donors (Lipinski definition) is 1. The summed E-state index contributed by atoms with van der Waals surface area (Å²) >= 11 is 13.3. The van der Waals surface area contributed by atoms with E-state index < -0.39 is 23.4 Å². The number of nitrogens with one attached hydrogen (secondary N) is 1. The van der Waals surface area contributed by atoms with Gasteiger partial charge in [0, 0.05) is 17.0 Å². The number of benzene rings is 2. The van der Waals surface area contributed by atoms with Crippen LogP contribution >= 0.6 is 35.0 Å². The predicted octanol–water partition coefficient (Wildman–Crippen LogP) is 4.42. The topological polar surface area (TPSA) is 98.5 Å². The van der Waals surface area contributed by atoms with E-state index in [0.29, 0.717) is 0 Å². The van der Waals surface area contributed by atoms with Crippen molar-refractivity contribution in [2.24, 2.45) is 0 Å². The third-order valence-corrected chi connectivity index (χ3v) is 4.55. The Bertz CT molecular complexity index is 876. The number of nitro benzene ring substituents is 1. The molecule has 0 aliphatic carbocycles. The summed E-state index contributed by atoms with van der Waals surface area (Å²) in [6.45, 7) is -0.600. The zero-order valence-electron chi connectivity index (χ0n) is 13.3. The van der Waals surface area contributed by atoms with Crippen LogP contribution in [0.5, 0.6) is 0 Å².